The second kappa shape index (κ2) is 3.95. The predicted molar refractivity (Wildman–Crippen MR) is 52.7 cm³/mol. The molecule has 0 aromatic heterocycles. The Bertz CT molecular complexity index is 313. The fourth-order valence-electron chi connectivity index (χ4n) is 0.685. The van der Waals surface area contributed by atoms with Crippen LogP contribution in [0, 0.1) is 3.57 Å². The van der Waals surface area contributed by atoms with Crippen LogP contribution < -0.4 is 0 Å². The molecule has 6 heteroatoms. The lowest BCUT2D eigenvalue weighted by Crippen LogP contribution is -1.98. The molecule has 0 saturated heterocycles. The van der Waals surface area contributed by atoms with Crippen LogP contribution in [0.15, 0.2) is 23.1 Å². The molecule has 0 aliphatic rings. The van der Waals surface area contributed by atoms with Crippen LogP contribution in [0.3, 0.4) is 0 Å². The van der Waals surface area contributed by atoms with Gasteiger partial charge in [-0.1, -0.05) is 0 Å². The summed E-state index contributed by atoms with van der Waals surface area (Å²) in [5.74, 6) is -0.00729. The van der Waals surface area contributed by atoms with Gasteiger partial charge in [-0.3, -0.25) is 0 Å². The van der Waals surface area contributed by atoms with Crippen molar-refractivity contribution in [2.45, 2.75) is 10.4 Å². The minimum absolute atomic E-state index is 0.00729. The number of halogens is 4. The number of hydrogen-bond acceptors (Lipinski definition) is 2. The van der Waals surface area contributed by atoms with E-state index in [-0.39, 0.29) is 22.4 Å². The molecular formula is C7H4F3IOS. The van der Waals surface area contributed by atoms with Gasteiger partial charge in [-0.15, -0.1) is 0 Å². The number of rotatable bonds is 1. The SMILES string of the molecule is Oc1ccc(SC(F)(F)F)cc1I. The van der Waals surface area contributed by atoms with Crippen molar-refractivity contribution >= 4 is 34.4 Å². The van der Waals surface area contributed by atoms with Crippen molar-refractivity contribution in [2.24, 2.45) is 0 Å². The van der Waals surface area contributed by atoms with E-state index in [1.54, 1.807) is 22.6 Å². The molecule has 0 unspecified atom stereocenters. The third-order valence-electron chi connectivity index (χ3n) is 1.15. The average molecular weight is 320 g/mol. The number of aromatic hydroxyl groups is 1. The van der Waals surface area contributed by atoms with Gasteiger partial charge in [0.1, 0.15) is 5.75 Å². The highest BCUT2D eigenvalue weighted by atomic mass is 127. The first-order valence-electron chi connectivity index (χ1n) is 3.13. The van der Waals surface area contributed by atoms with Crippen LogP contribution in [0.1, 0.15) is 0 Å². The number of thioether (sulfide) groups is 1. The Morgan fingerprint density at radius 3 is 2.38 bits per heavy atom. The summed E-state index contributed by atoms with van der Waals surface area (Å²) < 4.78 is 36.0. The molecule has 0 aliphatic heterocycles. The quantitative estimate of drug-likeness (QED) is 0.630. The van der Waals surface area contributed by atoms with E-state index in [0.717, 1.165) is 0 Å². The van der Waals surface area contributed by atoms with Gasteiger partial charge in [0.15, 0.2) is 0 Å². The summed E-state index contributed by atoms with van der Waals surface area (Å²) in [6, 6.07) is 3.76. The van der Waals surface area contributed by atoms with Crippen molar-refractivity contribution in [3.63, 3.8) is 0 Å². The van der Waals surface area contributed by atoms with Crippen LogP contribution in [0.5, 0.6) is 5.75 Å². The van der Waals surface area contributed by atoms with Gasteiger partial charge < -0.3 is 5.11 Å². The number of alkyl halides is 3. The van der Waals surface area contributed by atoms with Gasteiger partial charge in [-0.05, 0) is 52.6 Å². The molecule has 0 fully saturated rings. The minimum atomic E-state index is -4.28. The van der Waals surface area contributed by atoms with Crippen molar-refractivity contribution in [3.8, 4) is 5.75 Å². The number of phenolic OH excluding ortho intramolecular Hbond substituents is 1. The smallest absolute Gasteiger partial charge is 0.446 e. The van der Waals surface area contributed by atoms with Gasteiger partial charge >= 0.3 is 5.51 Å². The normalized spacial score (nSPS) is 11.7. The Morgan fingerprint density at radius 1 is 1.31 bits per heavy atom. The monoisotopic (exact) mass is 320 g/mol. The molecule has 0 saturated carbocycles. The average Bonchev–Trinajstić information content (AvgIpc) is 1.94. The first-order chi connectivity index (χ1) is 5.88. The van der Waals surface area contributed by atoms with Crippen LogP contribution in [-0.4, -0.2) is 10.6 Å². The van der Waals surface area contributed by atoms with Crippen molar-refractivity contribution in [1.82, 2.24) is 0 Å². The molecule has 1 N–H and O–H groups in total. The Balaban J connectivity index is 2.86. The molecule has 1 rings (SSSR count). The van der Waals surface area contributed by atoms with E-state index in [1.165, 1.54) is 18.2 Å². The molecule has 1 aromatic carbocycles. The highest BCUT2D eigenvalue weighted by molar-refractivity contribution is 14.1. The molecule has 0 bridgehead atoms. The van der Waals surface area contributed by atoms with Gasteiger partial charge in [0.05, 0.1) is 3.57 Å². The molecule has 0 atom stereocenters. The minimum Gasteiger partial charge on any atom is -0.507 e. The largest absolute Gasteiger partial charge is 0.507 e. The molecule has 0 aliphatic carbocycles. The Morgan fingerprint density at radius 2 is 1.92 bits per heavy atom. The van der Waals surface area contributed by atoms with Crippen molar-refractivity contribution in [2.75, 3.05) is 0 Å². The lowest BCUT2D eigenvalue weighted by atomic mass is 10.3. The summed E-state index contributed by atoms with van der Waals surface area (Å²) in [7, 11) is 0. The molecule has 1 aromatic rings. The summed E-state index contributed by atoms with van der Waals surface area (Å²) in [5.41, 5.74) is -4.28. The second-order valence-electron chi connectivity index (χ2n) is 2.16. The lowest BCUT2D eigenvalue weighted by Gasteiger charge is -2.05. The summed E-state index contributed by atoms with van der Waals surface area (Å²) >= 11 is 1.58. The molecule has 72 valence electrons. The highest BCUT2D eigenvalue weighted by Crippen LogP contribution is 2.38. The van der Waals surface area contributed by atoms with E-state index < -0.39 is 5.51 Å². The summed E-state index contributed by atoms with van der Waals surface area (Å²) in [4.78, 5) is 0.0784. The first-order valence-corrected chi connectivity index (χ1v) is 5.02. The molecule has 0 spiro atoms. The van der Waals surface area contributed by atoms with E-state index in [0.29, 0.717) is 3.57 Å². The van der Waals surface area contributed by atoms with Crippen LogP contribution in [0.2, 0.25) is 0 Å². The summed E-state index contributed by atoms with van der Waals surface area (Å²) in [6.07, 6.45) is 0. The van der Waals surface area contributed by atoms with Gasteiger partial charge in [0.2, 0.25) is 0 Å². The Kier molecular flexibility index (Phi) is 3.33. The van der Waals surface area contributed by atoms with Crippen molar-refractivity contribution < 1.29 is 18.3 Å². The molecule has 1 nitrogen and oxygen atoms in total. The van der Waals surface area contributed by atoms with Crippen LogP contribution in [0.25, 0.3) is 0 Å². The summed E-state index contributed by atoms with van der Waals surface area (Å²) in [5, 5.41) is 9.04. The van der Waals surface area contributed by atoms with E-state index in [9.17, 15) is 13.2 Å². The van der Waals surface area contributed by atoms with E-state index >= 15 is 0 Å². The maximum absolute atomic E-state index is 11.9. The lowest BCUT2D eigenvalue weighted by molar-refractivity contribution is -0.0328. The zero-order valence-electron chi connectivity index (χ0n) is 6.10. The second-order valence-corrected chi connectivity index (χ2v) is 4.46. The van der Waals surface area contributed by atoms with Crippen LogP contribution in [-0.2, 0) is 0 Å². The summed E-state index contributed by atoms with van der Waals surface area (Å²) in [6.45, 7) is 0. The van der Waals surface area contributed by atoms with Crippen LogP contribution >= 0.6 is 34.4 Å². The third-order valence-corrected chi connectivity index (χ3v) is 2.74. The van der Waals surface area contributed by atoms with Crippen LogP contribution in [0.4, 0.5) is 13.2 Å². The fraction of sp³-hybridized carbons (Fsp3) is 0.143. The number of phenols is 1. The van der Waals surface area contributed by atoms with Crippen molar-refractivity contribution in [1.29, 1.82) is 0 Å². The molecule has 0 amide bonds. The number of hydrogen-bond donors (Lipinski definition) is 1. The van der Waals surface area contributed by atoms with E-state index in [1.807, 2.05) is 0 Å². The standard InChI is InChI=1S/C7H4F3IOS/c8-7(9,10)13-4-1-2-6(12)5(11)3-4/h1-3,12H. The maximum atomic E-state index is 11.9. The zero-order chi connectivity index (χ0) is 10.1. The topological polar surface area (TPSA) is 20.2 Å². The predicted octanol–water partition coefficient (Wildman–Crippen LogP) is 3.61. The van der Waals surface area contributed by atoms with Gasteiger partial charge in [0.25, 0.3) is 0 Å². The fourth-order valence-corrected chi connectivity index (χ4v) is 1.99. The maximum Gasteiger partial charge on any atom is 0.446 e. The van der Waals surface area contributed by atoms with E-state index in [4.69, 9.17) is 5.11 Å². The number of benzene rings is 1. The first kappa shape index (κ1) is 11.0. The highest BCUT2D eigenvalue weighted by Gasteiger charge is 2.29. The van der Waals surface area contributed by atoms with Gasteiger partial charge in [-0.25, -0.2) is 0 Å². The van der Waals surface area contributed by atoms with Gasteiger partial charge in [0, 0.05) is 4.90 Å². The Hall–Kier alpha value is -0.110. The zero-order valence-corrected chi connectivity index (χ0v) is 9.07. The third kappa shape index (κ3) is 3.63. The Labute approximate surface area is 90.5 Å². The molecule has 13 heavy (non-hydrogen) atoms. The van der Waals surface area contributed by atoms with E-state index in [2.05, 4.69) is 0 Å². The molecule has 0 radical (unpaired) electrons. The van der Waals surface area contributed by atoms with Gasteiger partial charge in [-0.2, -0.15) is 13.2 Å². The molecular weight excluding hydrogens is 316 g/mol. The van der Waals surface area contributed by atoms with Crippen molar-refractivity contribution in [3.05, 3.63) is 21.8 Å². The molecule has 0 heterocycles.